The largest absolute Gasteiger partial charge is 0.312 e. The van der Waals surface area contributed by atoms with Gasteiger partial charge in [0, 0.05) is 19.1 Å². The van der Waals surface area contributed by atoms with E-state index >= 15 is 0 Å². The quantitative estimate of drug-likeness (QED) is 0.692. The van der Waals surface area contributed by atoms with Crippen molar-refractivity contribution in [3.8, 4) is 0 Å². The molecule has 1 unspecified atom stereocenters. The van der Waals surface area contributed by atoms with Gasteiger partial charge in [-0.1, -0.05) is 13.8 Å². The van der Waals surface area contributed by atoms with Crippen molar-refractivity contribution in [1.82, 2.24) is 10.2 Å². The van der Waals surface area contributed by atoms with Crippen molar-refractivity contribution in [3.63, 3.8) is 0 Å². The molecule has 0 saturated heterocycles. The van der Waals surface area contributed by atoms with Crippen molar-refractivity contribution >= 4 is 9.84 Å². The van der Waals surface area contributed by atoms with Crippen molar-refractivity contribution < 1.29 is 8.42 Å². The van der Waals surface area contributed by atoms with Crippen molar-refractivity contribution in [2.75, 3.05) is 32.9 Å². The molecule has 18 heavy (non-hydrogen) atoms. The molecule has 4 nitrogen and oxygen atoms in total. The molecular formula is C13H30N2O2S. The molecule has 0 aromatic carbocycles. The highest BCUT2D eigenvalue weighted by Crippen LogP contribution is 2.06. The minimum Gasteiger partial charge on any atom is -0.312 e. The summed E-state index contributed by atoms with van der Waals surface area (Å²) < 4.78 is 23.4. The van der Waals surface area contributed by atoms with Crippen LogP contribution >= 0.6 is 0 Å². The Hall–Kier alpha value is -0.130. The number of likely N-dealkylation sites (N-methyl/N-ethyl adjacent to an activating group) is 1. The smallest absolute Gasteiger partial charge is 0.153 e. The number of nitrogens with one attached hydrogen (secondary N) is 1. The Kier molecular flexibility index (Phi) is 8.06. The lowest BCUT2D eigenvalue weighted by Gasteiger charge is -2.24. The van der Waals surface area contributed by atoms with Gasteiger partial charge in [0.25, 0.3) is 0 Å². The van der Waals surface area contributed by atoms with Gasteiger partial charge in [-0.3, -0.25) is 0 Å². The van der Waals surface area contributed by atoms with E-state index in [1.807, 2.05) is 14.1 Å². The standard InChI is InChI=1S/C13H30N2O2S/c1-11(2)9-13(10-15(5)6)14-7-8-18(16,17)12(3)4/h11-14H,7-10H2,1-6H3. The van der Waals surface area contributed by atoms with E-state index in [9.17, 15) is 8.42 Å². The maximum atomic E-state index is 11.7. The van der Waals surface area contributed by atoms with Gasteiger partial charge in [-0.25, -0.2) is 8.42 Å². The molecule has 0 amide bonds. The van der Waals surface area contributed by atoms with Crippen molar-refractivity contribution in [2.24, 2.45) is 5.92 Å². The van der Waals surface area contributed by atoms with Gasteiger partial charge in [-0.2, -0.15) is 0 Å². The number of hydrogen-bond acceptors (Lipinski definition) is 4. The van der Waals surface area contributed by atoms with E-state index < -0.39 is 9.84 Å². The predicted octanol–water partition coefficient (Wildman–Crippen LogP) is 1.38. The van der Waals surface area contributed by atoms with Crippen LogP contribution in [0.15, 0.2) is 0 Å². The van der Waals surface area contributed by atoms with Gasteiger partial charge in [0.2, 0.25) is 0 Å². The summed E-state index contributed by atoms with van der Waals surface area (Å²) in [4.78, 5) is 2.14. The van der Waals surface area contributed by atoms with Crippen LogP contribution < -0.4 is 5.32 Å². The van der Waals surface area contributed by atoms with E-state index in [4.69, 9.17) is 0 Å². The van der Waals surface area contributed by atoms with Crippen molar-refractivity contribution in [3.05, 3.63) is 0 Å². The molecule has 0 aliphatic heterocycles. The SMILES string of the molecule is CC(C)CC(CN(C)C)NCCS(=O)(=O)C(C)C. The Morgan fingerprint density at radius 3 is 2.06 bits per heavy atom. The summed E-state index contributed by atoms with van der Waals surface area (Å²) in [5.74, 6) is 0.844. The third-order valence-corrected chi connectivity index (χ3v) is 5.09. The topological polar surface area (TPSA) is 49.4 Å². The van der Waals surface area contributed by atoms with Crippen LogP contribution in [0.2, 0.25) is 0 Å². The number of nitrogens with zero attached hydrogens (tertiary/aromatic N) is 1. The highest BCUT2D eigenvalue weighted by molar-refractivity contribution is 7.92. The zero-order chi connectivity index (χ0) is 14.3. The summed E-state index contributed by atoms with van der Waals surface area (Å²) in [5.41, 5.74) is 0. The molecule has 0 radical (unpaired) electrons. The maximum Gasteiger partial charge on any atom is 0.153 e. The molecule has 0 fully saturated rings. The van der Waals surface area contributed by atoms with Crippen molar-refractivity contribution in [2.45, 2.75) is 45.4 Å². The van der Waals surface area contributed by atoms with Gasteiger partial charge in [0.15, 0.2) is 9.84 Å². The molecule has 0 aliphatic carbocycles. The average Bonchev–Trinajstić information content (AvgIpc) is 2.14. The normalized spacial score (nSPS) is 14.7. The van der Waals surface area contributed by atoms with E-state index in [0.29, 0.717) is 18.5 Å². The fourth-order valence-electron chi connectivity index (χ4n) is 1.87. The van der Waals surface area contributed by atoms with Gasteiger partial charge in [0.05, 0.1) is 11.0 Å². The van der Waals surface area contributed by atoms with Crippen LogP contribution in [0.5, 0.6) is 0 Å². The maximum absolute atomic E-state index is 11.7. The molecule has 0 aromatic rings. The molecule has 1 N–H and O–H groups in total. The second kappa shape index (κ2) is 8.12. The third kappa shape index (κ3) is 8.06. The van der Waals surface area contributed by atoms with Crippen LogP contribution in [0, 0.1) is 5.92 Å². The summed E-state index contributed by atoms with van der Waals surface area (Å²) in [7, 11) is 1.16. The lowest BCUT2D eigenvalue weighted by atomic mass is 10.0. The van der Waals surface area contributed by atoms with Crippen LogP contribution in [0.3, 0.4) is 0 Å². The molecule has 5 heteroatoms. The molecule has 0 heterocycles. The first-order valence-corrected chi connectivity index (χ1v) is 8.46. The Labute approximate surface area is 113 Å². The van der Waals surface area contributed by atoms with E-state index in [1.165, 1.54) is 0 Å². The fraction of sp³-hybridized carbons (Fsp3) is 1.00. The molecule has 0 aromatic heterocycles. The minimum absolute atomic E-state index is 0.229. The Bertz CT molecular complexity index is 301. The first-order chi connectivity index (χ1) is 8.15. The summed E-state index contributed by atoms with van der Waals surface area (Å²) in [6.45, 7) is 9.34. The zero-order valence-electron chi connectivity index (χ0n) is 12.7. The Morgan fingerprint density at radius 2 is 1.67 bits per heavy atom. The van der Waals surface area contributed by atoms with E-state index in [-0.39, 0.29) is 11.0 Å². The second-order valence-corrected chi connectivity index (χ2v) is 8.64. The lowest BCUT2D eigenvalue weighted by molar-refractivity contribution is 0.309. The number of sulfone groups is 1. The predicted molar refractivity (Wildman–Crippen MR) is 78.7 cm³/mol. The Morgan fingerprint density at radius 1 is 1.11 bits per heavy atom. The molecule has 1 atom stereocenters. The van der Waals surface area contributed by atoms with Gasteiger partial charge >= 0.3 is 0 Å². The molecule has 0 spiro atoms. The monoisotopic (exact) mass is 278 g/mol. The highest BCUT2D eigenvalue weighted by atomic mass is 32.2. The molecule has 110 valence electrons. The molecule has 0 saturated carbocycles. The molecule has 0 bridgehead atoms. The molecule has 0 rings (SSSR count). The van der Waals surface area contributed by atoms with Crippen LogP contribution in [0.1, 0.15) is 34.1 Å². The van der Waals surface area contributed by atoms with Crippen LogP contribution in [0.25, 0.3) is 0 Å². The highest BCUT2D eigenvalue weighted by Gasteiger charge is 2.17. The second-order valence-electron chi connectivity index (χ2n) is 5.96. The molecular weight excluding hydrogens is 248 g/mol. The number of rotatable bonds is 9. The fourth-order valence-corrected chi connectivity index (χ4v) is 2.75. The summed E-state index contributed by atoms with van der Waals surface area (Å²) in [6, 6.07) is 0.363. The lowest BCUT2D eigenvalue weighted by Crippen LogP contribution is -2.41. The Balaban J connectivity index is 4.19. The van der Waals surface area contributed by atoms with E-state index in [0.717, 1.165) is 13.0 Å². The summed E-state index contributed by atoms with van der Waals surface area (Å²) in [6.07, 6.45) is 1.07. The van der Waals surface area contributed by atoms with Gasteiger partial charge in [0.1, 0.15) is 0 Å². The average molecular weight is 278 g/mol. The van der Waals surface area contributed by atoms with Crippen LogP contribution in [0.4, 0.5) is 0 Å². The molecule has 0 aliphatic rings. The summed E-state index contributed by atoms with van der Waals surface area (Å²) in [5, 5.41) is 3.09. The van der Waals surface area contributed by atoms with Gasteiger partial charge in [-0.15, -0.1) is 0 Å². The van der Waals surface area contributed by atoms with Gasteiger partial charge < -0.3 is 10.2 Å². The minimum atomic E-state index is -2.93. The van der Waals surface area contributed by atoms with Crippen molar-refractivity contribution in [1.29, 1.82) is 0 Å². The van der Waals surface area contributed by atoms with Crippen LogP contribution in [-0.4, -0.2) is 57.5 Å². The first-order valence-electron chi connectivity index (χ1n) is 6.74. The third-order valence-electron chi connectivity index (χ3n) is 2.88. The van der Waals surface area contributed by atoms with Gasteiger partial charge in [-0.05, 0) is 40.3 Å². The number of hydrogen-bond donors (Lipinski definition) is 1. The van der Waals surface area contributed by atoms with Crippen LogP contribution in [-0.2, 0) is 9.84 Å². The first kappa shape index (κ1) is 17.9. The zero-order valence-corrected chi connectivity index (χ0v) is 13.5. The van der Waals surface area contributed by atoms with E-state index in [2.05, 4.69) is 24.1 Å². The summed E-state index contributed by atoms with van der Waals surface area (Å²) >= 11 is 0. The van der Waals surface area contributed by atoms with E-state index in [1.54, 1.807) is 13.8 Å².